The molecule has 28 heavy (non-hydrogen) atoms. The summed E-state index contributed by atoms with van der Waals surface area (Å²) in [6.45, 7) is 3.12. The van der Waals surface area contributed by atoms with E-state index in [1.807, 2.05) is 0 Å². The summed E-state index contributed by atoms with van der Waals surface area (Å²) in [6.07, 6.45) is 2.93. The Labute approximate surface area is 165 Å². The molecule has 1 unspecified atom stereocenters. The van der Waals surface area contributed by atoms with Crippen LogP contribution in [0.3, 0.4) is 0 Å². The fourth-order valence-electron chi connectivity index (χ4n) is 2.61. The van der Waals surface area contributed by atoms with Gasteiger partial charge in [0.15, 0.2) is 5.82 Å². The van der Waals surface area contributed by atoms with Crippen molar-refractivity contribution >= 4 is 44.1 Å². The molecule has 0 spiro atoms. The molecule has 2 N–H and O–H groups in total. The van der Waals surface area contributed by atoms with Crippen LogP contribution in [-0.2, 0) is 10.0 Å². The molecular weight excluding hydrogens is 412 g/mol. The number of ketones is 1. The molecule has 1 atom stereocenters. The number of nitrogens with zero attached hydrogens (tertiary/aromatic N) is 1. The van der Waals surface area contributed by atoms with Gasteiger partial charge in [-0.25, -0.2) is 22.2 Å². The molecule has 0 radical (unpaired) electrons. The predicted octanol–water partition coefficient (Wildman–Crippen LogP) is 4.27. The van der Waals surface area contributed by atoms with E-state index in [2.05, 4.69) is 14.7 Å². The number of anilines is 1. The Balaban J connectivity index is 2.09. The lowest BCUT2D eigenvalue weighted by molar-refractivity contribution is 0.103. The molecule has 10 heteroatoms. The number of halogens is 3. The zero-order valence-corrected chi connectivity index (χ0v) is 16.5. The van der Waals surface area contributed by atoms with Gasteiger partial charge in [0, 0.05) is 23.3 Å². The van der Waals surface area contributed by atoms with Crippen molar-refractivity contribution in [3.63, 3.8) is 0 Å². The van der Waals surface area contributed by atoms with Gasteiger partial charge in [0.25, 0.3) is 0 Å². The summed E-state index contributed by atoms with van der Waals surface area (Å²) in [5.74, 6) is -3.37. The molecule has 0 bridgehead atoms. The fourth-order valence-corrected chi connectivity index (χ4v) is 3.88. The van der Waals surface area contributed by atoms with E-state index in [1.165, 1.54) is 25.4 Å². The molecule has 1 aromatic carbocycles. The first kappa shape index (κ1) is 20.2. The Bertz CT molecular complexity index is 1180. The Hall–Kier alpha value is -2.52. The minimum absolute atomic E-state index is 0.0373. The first-order chi connectivity index (χ1) is 13.2. The molecule has 0 aliphatic rings. The summed E-state index contributed by atoms with van der Waals surface area (Å²) in [4.78, 5) is 19.6. The van der Waals surface area contributed by atoms with Gasteiger partial charge >= 0.3 is 0 Å². The van der Waals surface area contributed by atoms with Crippen molar-refractivity contribution in [3.05, 3.63) is 58.4 Å². The second-order valence-corrected chi connectivity index (χ2v) is 8.77. The van der Waals surface area contributed by atoms with Crippen molar-refractivity contribution in [3.8, 4) is 0 Å². The molecule has 0 aliphatic carbocycles. The van der Waals surface area contributed by atoms with Gasteiger partial charge in [-0.1, -0.05) is 18.5 Å². The lowest BCUT2D eigenvalue weighted by atomic mass is 10.0. The summed E-state index contributed by atoms with van der Waals surface area (Å²) in [5, 5.41) is -0.253. The molecular formula is C18H16ClF2N3O3S. The number of carbonyl (C=O) groups excluding carboxylic acids is 1. The number of rotatable bonds is 6. The molecule has 2 heterocycles. The number of aromatic nitrogens is 2. The summed E-state index contributed by atoms with van der Waals surface area (Å²) < 4.78 is 55.7. The number of hydrogen-bond acceptors (Lipinski definition) is 4. The van der Waals surface area contributed by atoms with E-state index in [4.69, 9.17) is 11.6 Å². The second kappa shape index (κ2) is 7.48. The van der Waals surface area contributed by atoms with E-state index in [-0.39, 0.29) is 10.6 Å². The third kappa shape index (κ3) is 3.59. The molecule has 3 rings (SSSR count). The Morgan fingerprint density at radius 2 is 2.07 bits per heavy atom. The maximum Gasteiger partial charge on any atom is 0.235 e. The van der Waals surface area contributed by atoms with Crippen molar-refractivity contribution in [2.45, 2.75) is 25.5 Å². The highest BCUT2D eigenvalue weighted by Crippen LogP contribution is 2.28. The van der Waals surface area contributed by atoms with Gasteiger partial charge < -0.3 is 4.98 Å². The lowest BCUT2D eigenvalue weighted by Gasteiger charge is -2.15. The number of fused-ring (bicyclic) bond motifs is 1. The van der Waals surface area contributed by atoms with Crippen molar-refractivity contribution in [1.29, 1.82) is 0 Å². The van der Waals surface area contributed by atoms with Gasteiger partial charge in [-0.2, -0.15) is 0 Å². The smallest absolute Gasteiger partial charge is 0.235 e. The average molecular weight is 428 g/mol. The summed E-state index contributed by atoms with van der Waals surface area (Å²) in [7, 11) is -3.89. The van der Waals surface area contributed by atoms with Gasteiger partial charge in [0.05, 0.1) is 21.5 Å². The number of H-pyrrole nitrogens is 1. The minimum atomic E-state index is -3.89. The number of nitrogens with one attached hydrogen (secondary N) is 2. The molecule has 2 aromatic heterocycles. The highest BCUT2D eigenvalue weighted by atomic mass is 35.5. The third-order valence-electron chi connectivity index (χ3n) is 4.42. The van der Waals surface area contributed by atoms with Crippen LogP contribution in [0.1, 0.15) is 36.2 Å². The monoisotopic (exact) mass is 427 g/mol. The fraction of sp³-hybridized carbons (Fsp3) is 0.222. The Morgan fingerprint density at radius 3 is 2.75 bits per heavy atom. The molecule has 148 valence electrons. The molecule has 0 amide bonds. The van der Waals surface area contributed by atoms with Gasteiger partial charge in [-0.05, 0) is 31.5 Å². The number of carbonyl (C=O) groups is 1. The van der Waals surface area contributed by atoms with Crippen molar-refractivity contribution in [2.24, 2.45) is 0 Å². The van der Waals surface area contributed by atoms with Crippen LogP contribution >= 0.6 is 11.6 Å². The molecule has 3 aromatic rings. The minimum Gasteiger partial charge on any atom is -0.345 e. The average Bonchev–Trinajstić information content (AvgIpc) is 3.06. The maximum atomic E-state index is 14.9. The molecule has 0 saturated carbocycles. The first-order valence-corrected chi connectivity index (χ1v) is 10.2. The van der Waals surface area contributed by atoms with Crippen LogP contribution < -0.4 is 4.72 Å². The van der Waals surface area contributed by atoms with E-state index in [0.717, 1.165) is 12.1 Å². The quantitative estimate of drug-likeness (QED) is 0.575. The van der Waals surface area contributed by atoms with E-state index in [0.29, 0.717) is 17.5 Å². The molecule has 0 aliphatic heterocycles. The van der Waals surface area contributed by atoms with Gasteiger partial charge in [-0.3, -0.25) is 9.52 Å². The molecule has 0 saturated heterocycles. The van der Waals surface area contributed by atoms with Crippen LogP contribution in [0, 0.1) is 11.6 Å². The van der Waals surface area contributed by atoms with E-state index in [9.17, 15) is 22.0 Å². The largest absolute Gasteiger partial charge is 0.345 e. The number of hydrogen-bond donors (Lipinski definition) is 2. The van der Waals surface area contributed by atoms with Crippen LogP contribution in [0.2, 0.25) is 5.02 Å². The van der Waals surface area contributed by atoms with E-state index < -0.39 is 43.9 Å². The zero-order chi connectivity index (χ0) is 20.6. The zero-order valence-electron chi connectivity index (χ0n) is 14.9. The number of benzene rings is 1. The van der Waals surface area contributed by atoms with Crippen LogP contribution in [0.4, 0.5) is 14.5 Å². The van der Waals surface area contributed by atoms with Crippen LogP contribution in [0.15, 0.2) is 30.6 Å². The number of aromatic amines is 1. The number of pyridine rings is 1. The maximum absolute atomic E-state index is 14.9. The van der Waals surface area contributed by atoms with E-state index >= 15 is 0 Å². The molecule has 0 fully saturated rings. The van der Waals surface area contributed by atoms with Crippen molar-refractivity contribution in [1.82, 2.24) is 9.97 Å². The van der Waals surface area contributed by atoms with Gasteiger partial charge in [0.2, 0.25) is 15.8 Å². The van der Waals surface area contributed by atoms with Crippen LogP contribution in [-0.4, -0.2) is 29.4 Å². The third-order valence-corrected chi connectivity index (χ3v) is 6.52. The second-order valence-electron chi connectivity index (χ2n) is 6.23. The Kier molecular flexibility index (Phi) is 5.40. The Morgan fingerprint density at radius 1 is 1.36 bits per heavy atom. The summed E-state index contributed by atoms with van der Waals surface area (Å²) >= 11 is 5.89. The normalized spacial score (nSPS) is 12.9. The SMILES string of the molecule is CCC(C)S(=O)(=O)Nc1ccc(F)c(C(=O)c2c[nH]c3ncc(Cl)cc23)c1F. The predicted molar refractivity (Wildman–Crippen MR) is 103 cm³/mol. The first-order valence-electron chi connectivity index (χ1n) is 8.32. The highest BCUT2D eigenvalue weighted by molar-refractivity contribution is 7.93. The van der Waals surface area contributed by atoms with Gasteiger partial charge in [0.1, 0.15) is 11.5 Å². The lowest BCUT2D eigenvalue weighted by Crippen LogP contribution is -2.25. The van der Waals surface area contributed by atoms with Crippen molar-refractivity contribution < 1.29 is 22.0 Å². The van der Waals surface area contributed by atoms with E-state index in [1.54, 1.807) is 6.92 Å². The van der Waals surface area contributed by atoms with Gasteiger partial charge in [-0.15, -0.1) is 0 Å². The summed E-state index contributed by atoms with van der Waals surface area (Å²) in [6, 6.07) is 3.22. The highest BCUT2D eigenvalue weighted by Gasteiger charge is 2.27. The standard InChI is InChI=1S/C18H16ClF2N3O3S/c1-3-9(2)28(26,27)24-14-5-4-13(20)15(16(14)21)17(25)12-8-23-18-11(12)6-10(19)7-22-18/h4-9,24H,3H2,1-2H3,(H,22,23). The van der Waals surface area contributed by atoms with Crippen LogP contribution in [0.5, 0.6) is 0 Å². The summed E-state index contributed by atoms with van der Waals surface area (Å²) in [5.41, 5.74) is -1.08. The number of sulfonamides is 1. The van der Waals surface area contributed by atoms with Crippen LogP contribution in [0.25, 0.3) is 11.0 Å². The molecule has 6 nitrogen and oxygen atoms in total. The van der Waals surface area contributed by atoms with Crippen molar-refractivity contribution in [2.75, 3.05) is 4.72 Å². The topological polar surface area (TPSA) is 91.9 Å².